The minimum Gasteiger partial charge on any atom is -0.0768 e. The molecule has 0 aromatic rings. The molecule has 1 aliphatic rings. The maximum atomic E-state index is 2.84. The summed E-state index contributed by atoms with van der Waals surface area (Å²) in [4.78, 5) is 0. The first-order valence-electron chi connectivity index (χ1n) is 6.49. The molecular weight excluding hydrogens is 281 g/mol. The molecule has 5 unspecified atom stereocenters. The van der Waals surface area contributed by atoms with Gasteiger partial charge in [0.15, 0.2) is 0 Å². The molecule has 0 saturated carbocycles. The van der Waals surface area contributed by atoms with Gasteiger partial charge in [0.25, 0.3) is 0 Å². The van der Waals surface area contributed by atoms with Gasteiger partial charge in [0.05, 0.1) is 0 Å². The molecule has 1 heterocycles. The van der Waals surface area contributed by atoms with Gasteiger partial charge in [0, 0.05) is 52.8 Å². The van der Waals surface area contributed by atoms with Gasteiger partial charge >= 0.3 is 0 Å². The first-order valence-corrected chi connectivity index (χ1v) is 23.8. The van der Waals surface area contributed by atoms with E-state index >= 15 is 0 Å². The highest BCUT2D eigenvalue weighted by Gasteiger charge is 2.48. The molecule has 1 saturated heterocycles. The van der Waals surface area contributed by atoms with Crippen LogP contribution in [0.25, 0.3) is 0 Å². The van der Waals surface area contributed by atoms with Crippen molar-refractivity contribution < 1.29 is 0 Å². The van der Waals surface area contributed by atoms with Crippen LogP contribution >= 0.6 is 0 Å². The quantitative estimate of drug-likeness (QED) is 0.484. The number of rotatable bonds is 2. The molecule has 0 bridgehead atoms. The lowest BCUT2D eigenvalue weighted by atomic mass is 10.5. The third-order valence-corrected chi connectivity index (χ3v) is 84.8. The molecule has 1 fully saturated rings. The van der Waals surface area contributed by atoms with E-state index in [0.717, 1.165) is 0 Å². The van der Waals surface area contributed by atoms with Gasteiger partial charge in [-0.15, -0.1) is 0 Å². The second-order valence-corrected chi connectivity index (χ2v) is 43.6. The summed E-state index contributed by atoms with van der Waals surface area (Å²) in [5, 5.41) is 1.44. The Morgan fingerprint density at radius 2 is 2.00 bits per heavy atom. The standard InChI is InChI=1S/C7H28Si7/c1-11-14(5-8)7(10)6(9)4-12(2)13(14)3/h6-7,12-13H,4-5,11H2,1-3,8-10H3. The molecule has 0 aliphatic carbocycles. The van der Waals surface area contributed by atoms with Gasteiger partial charge in [-0.2, -0.15) is 0 Å². The highest BCUT2D eigenvalue weighted by molar-refractivity contribution is 7.71. The van der Waals surface area contributed by atoms with Gasteiger partial charge in [0.2, 0.25) is 0 Å². The fourth-order valence-electron chi connectivity index (χ4n) is 4.08. The summed E-state index contributed by atoms with van der Waals surface area (Å²) in [7, 11) is 4.45. The smallest absolute Gasteiger partial charge is 0.0250 e. The van der Waals surface area contributed by atoms with Crippen molar-refractivity contribution >= 4 is 63.0 Å². The first kappa shape index (κ1) is 13.6. The number of hydrogen-bond donors (Lipinski definition) is 0. The fraction of sp³-hybridized carbons (Fsp3) is 1.00. The van der Waals surface area contributed by atoms with E-state index in [1.807, 2.05) is 5.67 Å². The molecule has 84 valence electrons. The van der Waals surface area contributed by atoms with Crippen molar-refractivity contribution in [1.29, 1.82) is 0 Å². The van der Waals surface area contributed by atoms with E-state index in [1.165, 1.54) is 10.7 Å². The first-order chi connectivity index (χ1) is 6.49. The Bertz CT molecular complexity index is 176. The van der Waals surface area contributed by atoms with Crippen molar-refractivity contribution in [3.8, 4) is 0 Å². The summed E-state index contributed by atoms with van der Waals surface area (Å²) in [6.45, 7) is 8.31. The highest BCUT2D eigenvalue weighted by atomic mass is 29.8. The molecular formula is C7H28Si7. The molecule has 0 amide bonds. The Morgan fingerprint density at radius 1 is 1.43 bits per heavy atom. The zero-order valence-corrected chi connectivity index (χ0v) is 21.7. The minimum absolute atomic E-state index is 0.105. The second kappa shape index (κ2) is 5.23. The van der Waals surface area contributed by atoms with Crippen molar-refractivity contribution in [2.45, 2.75) is 42.1 Å². The van der Waals surface area contributed by atoms with Crippen LogP contribution in [0.1, 0.15) is 0 Å². The van der Waals surface area contributed by atoms with Crippen LogP contribution in [-0.2, 0) is 0 Å². The van der Waals surface area contributed by atoms with Crippen LogP contribution in [-0.4, -0.2) is 63.0 Å². The molecule has 1 aliphatic heterocycles. The van der Waals surface area contributed by atoms with Gasteiger partial charge in [0.1, 0.15) is 0 Å². The van der Waals surface area contributed by atoms with Gasteiger partial charge in [-0.05, 0) is 10.2 Å². The lowest BCUT2D eigenvalue weighted by Crippen LogP contribution is -2.67. The van der Waals surface area contributed by atoms with Crippen LogP contribution in [0.5, 0.6) is 0 Å². The lowest BCUT2D eigenvalue weighted by Gasteiger charge is -2.50. The summed E-state index contributed by atoms with van der Waals surface area (Å²) in [6.07, 6.45) is 0. The third kappa shape index (κ3) is 2.13. The molecule has 5 atom stereocenters. The topological polar surface area (TPSA) is 0 Å². The normalized spacial score (nSPS) is 50.8. The van der Waals surface area contributed by atoms with Crippen molar-refractivity contribution in [2.75, 3.05) is 0 Å². The Morgan fingerprint density at radius 3 is 2.43 bits per heavy atom. The molecule has 0 nitrogen and oxygen atoms in total. The molecule has 0 aromatic carbocycles. The monoisotopic (exact) mass is 308 g/mol. The zero-order chi connectivity index (χ0) is 10.9. The van der Waals surface area contributed by atoms with Crippen molar-refractivity contribution in [3.05, 3.63) is 0 Å². The van der Waals surface area contributed by atoms with Crippen molar-refractivity contribution in [3.63, 3.8) is 0 Å². The second-order valence-electron chi connectivity index (χ2n) is 5.71. The predicted octanol–water partition coefficient (Wildman–Crippen LogP) is -2.80. The maximum Gasteiger partial charge on any atom is 0.0250 e. The van der Waals surface area contributed by atoms with E-state index in [0.29, 0.717) is 9.04 Å². The average molecular weight is 309 g/mol. The molecule has 0 N–H and O–H groups in total. The third-order valence-electron chi connectivity index (χ3n) is 5.58. The lowest BCUT2D eigenvalue weighted by molar-refractivity contribution is 0.974. The highest BCUT2D eigenvalue weighted by Crippen LogP contribution is 2.41. The molecule has 0 spiro atoms. The summed E-state index contributed by atoms with van der Waals surface area (Å²) < 4.78 is 0. The zero-order valence-electron chi connectivity index (χ0n) is 10.9. The Kier molecular flexibility index (Phi) is 5.08. The van der Waals surface area contributed by atoms with Crippen LogP contribution in [0, 0.1) is 0 Å². The summed E-state index contributed by atoms with van der Waals surface area (Å²) in [5.41, 5.74) is 3.19. The van der Waals surface area contributed by atoms with E-state index in [9.17, 15) is 0 Å². The molecule has 14 heavy (non-hydrogen) atoms. The Hall–Kier alpha value is 1.52. The van der Waals surface area contributed by atoms with E-state index in [4.69, 9.17) is 0 Å². The van der Waals surface area contributed by atoms with E-state index < -0.39 is 7.11 Å². The fourth-order valence-corrected chi connectivity index (χ4v) is 111. The molecule has 1 rings (SSSR count). The SMILES string of the molecule is C[SiH2][Si]1(C[SiH3])C([SiH3])C([SiH3])C[SiH](C)[SiH]1C. The summed E-state index contributed by atoms with van der Waals surface area (Å²) in [6, 6.07) is 1.80. The van der Waals surface area contributed by atoms with Gasteiger partial charge < -0.3 is 0 Å². The van der Waals surface area contributed by atoms with Gasteiger partial charge in [-0.3, -0.25) is 0 Å². The largest absolute Gasteiger partial charge is 0.0768 e. The summed E-state index contributed by atoms with van der Waals surface area (Å²) in [5.74, 6) is 0. The molecule has 7 heteroatoms. The minimum atomic E-state index is -0.466. The molecule has 0 radical (unpaired) electrons. The maximum absolute atomic E-state index is 2.84. The van der Waals surface area contributed by atoms with Crippen LogP contribution in [0.2, 0.25) is 42.1 Å². The predicted molar refractivity (Wildman–Crippen MR) is 93.1 cm³/mol. The van der Waals surface area contributed by atoms with Crippen LogP contribution in [0.15, 0.2) is 0 Å². The van der Waals surface area contributed by atoms with Gasteiger partial charge in [-0.25, -0.2) is 0 Å². The Labute approximate surface area is 105 Å². The van der Waals surface area contributed by atoms with Gasteiger partial charge in [-0.1, -0.05) is 42.1 Å². The summed E-state index contributed by atoms with van der Waals surface area (Å²) >= 11 is 0. The Balaban J connectivity index is 2.96. The van der Waals surface area contributed by atoms with Crippen molar-refractivity contribution in [2.24, 2.45) is 0 Å². The van der Waals surface area contributed by atoms with Crippen molar-refractivity contribution in [1.82, 2.24) is 0 Å². The van der Waals surface area contributed by atoms with E-state index in [1.54, 1.807) is 36.8 Å². The van der Waals surface area contributed by atoms with Crippen LogP contribution in [0.3, 0.4) is 0 Å². The average Bonchev–Trinajstić information content (AvgIpc) is 2.18. The van der Waals surface area contributed by atoms with E-state index in [2.05, 4.69) is 19.6 Å². The molecule has 0 aromatic heterocycles. The van der Waals surface area contributed by atoms with Crippen LogP contribution in [0.4, 0.5) is 0 Å². The number of hydrogen-bond acceptors (Lipinski definition) is 0. The van der Waals surface area contributed by atoms with E-state index in [-0.39, 0.29) is 16.1 Å². The van der Waals surface area contributed by atoms with Crippen LogP contribution < -0.4 is 0 Å².